The summed E-state index contributed by atoms with van der Waals surface area (Å²) in [5.74, 6) is 3.04. The van der Waals surface area contributed by atoms with E-state index in [1.165, 1.54) is 5.56 Å². The van der Waals surface area contributed by atoms with Gasteiger partial charge in [-0.05, 0) is 62.4 Å². The van der Waals surface area contributed by atoms with E-state index < -0.39 is 0 Å². The molecule has 0 saturated heterocycles. The predicted octanol–water partition coefficient (Wildman–Crippen LogP) is 4.06. The molecule has 0 amide bonds. The zero-order chi connectivity index (χ0) is 12.7. The fourth-order valence-electron chi connectivity index (χ4n) is 1.40. The topological polar surface area (TPSA) is 21.3 Å². The molecule has 0 bridgehead atoms. The lowest BCUT2D eigenvalue weighted by Gasteiger charge is -2.12. The molecule has 0 aromatic heterocycles. The molecule has 1 N–H and O–H groups in total. The van der Waals surface area contributed by atoms with E-state index in [4.69, 9.17) is 4.74 Å². The molecule has 0 atom stereocenters. The average Bonchev–Trinajstić information content (AvgIpc) is 2.27. The Bertz CT molecular complexity index is 337. The van der Waals surface area contributed by atoms with E-state index in [2.05, 4.69) is 56.2 Å². The van der Waals surface area contributed by atoms with Crippen molar-refractivity contribution in [2.45, 2.75) is 13.5 Å². The van der Waals surface area contributed by atoms with Crippen LogP contribution in [0.5, 0.6) is 5.75 Å². The molecule has 5 heteroatoms. The molecule has 0 aliphatic heterocycles. The molecule has 0 fully saturated rings. The third-order valence-corrected chi connectivity index (χ3v) is 4.16. The van der Waals surface area contributed by atoms with Gasteiger partial charge in [-0.2, -0.15) is 11.8 Å². The van der Waals surface area contributed by atoms with Gasteiger partial charge in [0.05, 0.1) is 15.6 Å². The van der Waals surface area contributed by atoms with E-state index in [-0.39, 0.29) is 0 Å². The summed E-state index contributed by atoms with van der Waals surface area (Å²) in [7, 11) is 1.94. The number of ether oxygens (including phenoxy) is 1. The summed E-state index contributed by atoms with van der Waals surface area (Å²) in [5.41, 5.74) is 1.22. The SMILES string of the molecule is CCSCCOc1c(Br)cc(CNC)cc1Br. The molecule has 2 nitrogen and oxygen atoms in total. The van der Waals surface area contributed by atoms with Gasteiger partial charge in [-0.15, -0.1) is 0 Å². The molecular weight excluding hydrogens is 366 g/mol. The Morgan fingerprint density at radius 3 is 2.47 bits per heavy atom. The summed E-state index contributed by atoms with van der Waals surface area (Å²) >= 11 is 8.98. The summed E-state index contributed by atoms with van der Waals surface area (Å²) in [5, 5.41) is 3.13. The van der Waals surface area contributed by atoms with Crippen molar-refractivity contribution in [3.63, 3.8) is 0 Å². The minimum Gasteiger partial charge on any atom is -0.490 e. The van der Waals surface area contributed by atoms with Crippen molar-refractivity contribution >= 4 is 43.6 Å². The normalized spacial score (nSPS) is 10.6. The molecule has 17 heavy (non-hydrogen) atoms. The van der Waals surface area contributed by atoms with Crippen LogP contribution in [0.3, 0.4) is 0 Å². The van der Waals surface area contributed by atoms with Gasteiger partial charge in [0, 0.05) is 12.3 Å². The Kier molecular flexibility index (Phi) is 7.59. The van der Waals surface area contributed by atoms with Crippen molar-refractivity contribution in [3.8, 4) is 5.75 Å². The minimum absolute atomic E-state index is 0.737. The quantitative estimate of drug-likeness (QED) is 0.718. The fraction of sp³-hybridized carbons (Fsp3) is 0.500. The van der Waals surface area contributed by atoms with Gasteiger partial charge >= 0.3 is 0 Å². The molecular formula is C12H17Br2NOS. The van der Waals surface area contributed by atoms with Gasteiger partial charge in [0.1, 0.15) is 5.75 Å². The first kappa shape index (κ1) is 15.3. The number of hydrogen-bond donors (Lipinski definition) is 1. The second kappa shape index (κ2) is 8.40. The number of benzene rings is 1. The van der Waals surface area contributed by atoms with Crippen LogP contribution in [-0.2, 0) is 6.54 Å². The van der Waals surface area contributed by atoms with Crippen LogP contribution in [0.1, 0.15) is 12.5 Å². The highest BCUT2D eigenvalue weighted by Crippen LogP contribution is 2.34. The van der Waals surface area contributed by atoms with E-state index in [1.54, 1.807) is 0 Å². The van der Waals surface area contributed by atoms with Gasteiger partial charge in [-0.25, -0.2) is 0 Å². The molecule has 1 aromatic carbocycles. The summed E-state index contributed by atoms with van der Waals surface area (Å²) in [6.45, 7) is 3.74. The van der Waals surface area contributed by atoms with Crippen LogP contribution in [0.25, 0.3) is 0 Å². The molecule has 0 unspecified atom stereocenters. The van der Waals surface area contributed by atoms with E-state index in [9.17, 15) is 0 Å². The lowest BCUT2D eigenvalue weighted by atomic mass is 10.2. The van der Waals surface area contributed by atoms with Crippen LogP contribution >= 0.6 is 43.6 Å². The zero-order valence-electron chi connectivity index (χ0n) is 10.1. The van der Waals surface area contributed by atoms with Crippen LogP contribution in [0.4, 0.5) is 0 Å². The highest BCUT2D eigenvalue weighted by atomic mass is 79.9. The Morgan fingerprint density at radius 2 is 1.94 bits per heavy atom. The van der Waals surface area contributed by atoms with Gasteiger partial charge in [0.2, 0.25) is 0 Å². The minimum atomic E-state index is 0.737. The largest absolute Gasteiger partial charge is 0.490 e. The summed E-state index contributed by atoms with van der Waals surface area (Å²) in [6.07, 6.45) is 0. The Labute approximate surface area is 124 Å². The summed E-state index contributed by atoms with van der Waals surface area (Å²) in [6, 6.07) is 4.17. The lowest BCUT2D eigenvalue weighted by Crippen LogP contribution is -2.06. The van der Waals surface area contributed by atoms with Crippen LogP contribution in [0.2, 0.25) is 0 Å². The van der Waals surface area contributed by atoms with Crippen molar-refractivity contribution < 1.29 is 4.74 Å². The average molecular weight is 383 g/mol. The molecule has 0 saturated carbocycles. The van der Waals surface area contributed by atoms with Crippen LogP contribution in [0, 0.1) is 0 Å². The van der Waals surface area contributed by atoms with E-state index in [0.29, 0.717) is 0 Å². The Morgan fingerprint density at radius 1 is 1.29 bits per heavy atom. The smallest absolute Gasteiger partial charge is 0.147 e. The fourth-order valence-corrected chi connectivity index (χ4v) is 3.40. The van der Waals surface area contributed by atoms with E-state index in [1.807, 2.05) is 18.8 Å². The number of hydrogen-bond acceptors (Lipinski definition) is 3. The van der Waals surface area contributed by atoms with Crippen molar-refractivity contribution in [2.24, 2.45) is 0 Å². The first-order valence-corrected chi connectivity index (χ1v) is 8.26. The molecule has 1 aromatic rings. The van der Waals surface area contributed by atoms with E-state index in [0.717, 1.165) is 39.4 Å². The predicted molar refractivity (Wildman–Crippen MR) is 83.1 cm³/mol. The van der Waals surface area contributed by atoms with Crippen molar-refractivity contribution in [2.75, 3.05) is 25.2 Å². The monoisotopic (exact) mass is 381 g/mol. The maximum Gasteiger partial charge on any atom is 0.147 e. The highest BCUT2D eigenvalue weighted by molar-refractivity contribution is 9.11. The van der Waals surface area contributed by atoms with Crippen molar-refractivity contribution in [1.82, 2.24) is 5.32 Å². The summed E-state index contributed by atoms with van der Waals surface area (Å²) in [4.78, 5) is 0. The molecule has 0 heterocycles. The number of halogens is 2. The first-order chi connectivity index (χ1) is 8.19. The van der Waals surface area contributed by atoms with Gasteiger partial charge in [0.25, 0.3) is 0 Å². The molecule has 0 radical (unpaired) electrons. The van der Waals surface area contributed by atoms with Crippen molar-refractivity contribution in [3.05, 3.63) is 26.6 Å². The highest BCUT2D eigenvalue weighted by Gasteiger charge is 2.08. The summed E-state index contributed by atoms with van der Waals surface area (Å²) < 4.78 is 7.77. The first-order valence-electron chi connectivity index (χ1n) is 5.52. The number of thioether (sulfide) groups is 1. The van der Waals surface area contributed by atoms with Crippen LogP contribution in [-0.4, -0.2) is 25.2 Å². The maximum atomic E-state index is 5.77. The van der Waals surface area contributed by atoms with Gasteiger partial charge in [0.15, 0.2) is 0 Å². The van der Waals surface area contributed by atoms with Crippen molar-refractivity contribution in [1.29, 1.82) is 0 Å². The Hall–Kier alpha value is 0.290. The molecule has 1 rings (SSSR count). The van der Waals surface area contributed by atoms with E-state index >= 15 is 0 Å². The van der Waals surface area contributed by atoms with Gasteiger partial charge in [-0.3, -0.25) is 0 Å². The number of rotatable bonds is 7. The molecule has 0 spiro atoms. The van der Waals surface area contributed by atoms with Crippen LogP contribution in [0.15, 0.2) is 21.1 Å². The second-order valence-corrected chi connectivity index (χ2v) is 6.57. The third-order valence-electron chi connectivity index (χ3n) is 2.12. The maximum absolute atomic E-state index is 5.77. The standard InChI is InChI=1S/C12H17Br2NOS/c1-3-17-5-4-16-12-10(13)6-9(8-15-2)7-11(12)14/h6-7,15H,3-5,8H2,1-2H3. The molecule has 96 valence electrons. The molecule has 0 aliphatic rings. The van der Waals surface area contributed by atoms with Crippen LogP contribution < -0.4 is 10.1 Å². The lowest BCUT2D eigenvalue weighted by molar-refractivity contribution is 0.339. The van der Waals surface area contributed by atoms with Gasteiger partial charge in [-0.1, -0.05) is 6.92 Å². The number of nitrogens with one attached hydrogen (secondary N) is 1. The van der Waals surface area contributed by atoms with Gasteiger partial charge < -0.3 is 10.1 Å². The Balaban J connectivity index is 2.65. The second-order valence-electron chi connectivity index (χ2n) is 3.46. The zero-order valence-corrected chi connectivity index (χ0v) is 14.0. The third kappa shape index (κ3) is 5.20. The molecule has 0 aliphatic carbocycles.